The first-order valence-electron chi connectivity index (χ1n) is 6.32. The maximum Gasteiger partial charge on any atom is 0.411 e. The molecule has 114 valence electrons. The molecule has 1 N–H and O–H groups in total. The minimum atomic E-state index is -0.703. The average molecular weight is 304 g/mol. The summed E-state index contributed by atoms with van der Waals surface area (Å²) < 4.78 is 9.89. The van der Waals surface area contributed by atoms with Crippen LogP contribution in [0.2, 0.25) is 0 Å². The van der Waals surface area contributed by atoms with Crippen molar-refractivity contribution in [3.8, 4) is 11.3 Å². The fourth-order valence-corrected chi connectivity index (χ4v) is 1.81. The summed E-state index contributed by atoms with van der Waals surface area (Å²) in [4.78, 5) is 32.5. The molecule has 0 radical (unpaired) electrons. The van der Waals surface area contributed by atoms with E-state index in [0.29, 0.717) is 6.29 Å². The molecule has 22 heavy (non-hydrogen) atoms. The van der Waals surface area contributed by atoms with Gasteiger partial charge in [-0.2, -0.15) is 0 Å². The van der Waals surface area contributed by atoms with Gasteiger partial charge < -0.3 is 9.15 Å². The molecule has 0 aliphatic heterocycles. The maximum absolute atomic E-state index is 11.3. The molecule has 1 amide bonds. The molecule has 0 aliphatic carbocycles. The predicted molar refractivity (Wildman–Crippen MR) is 76.8 cm³/mol. The molecule has 1 heterocycles. The second-order valence-electron chi connectivity index (χ2n) is 4.15. The van der Waals surface area contributed by atoms with E-state index in [2.05, 4.69) is 5.32 Å². The van der Waals surface area contributed by atoms with Crippen LogP contribution >= 0.6 is 0 Å². The summed E-state index contributed by atoms with van der Waals surface area (Å²) in [5, 5.41) is 13.6. The van der Waals surface area contributed by atoms with Gasteiger partial charge in [0, 0.05) is 6.07 Å². The second kappa shape index (κ2) is 6.53. The number of aldehydes is 1. The summed E-state index contributed by atoms with van der Waals surface area (Å²) in [5.74, 6) is 0.259. The lowest BCUT2D eigenvalue weighted by atomic mass is 10.1. The molecule has 0 atom stereocenters. The van der Waals surface area contributed by atoms with Gasteiger partial charge in [0.1, 0.15) is 5.76 Å². The third-order valence-corrected chi connectivity index (χ3v) is 2.72. The summed E-state index contributed by atoms with van der Waals surface area (Å²) >= 11 is 0. The monoisotopic (exact) mass is 304 g/mol. The van der Waals surface area contributed by atoms with E-state index < -0.39 is 11.0 Å². The summed E-state index contributed by atoms with van der Waals surface area (Å²) in [7, 11) is 0. The van der Waals surface area contributed by atoms with Gasteiger partial charge >= 0.3 is 6.09 Å². The van der Waals surface area contributed by atoms with Crippen LogP contribution in [0.15, 0.2) is 34.7 Å². The first-order valence-corrected chi connectivity index (χ1v) is 6.32. The van der Waals surface area contributed by atoms with E-state index in [4.69, 9.17) is 9.15 Å². The van der Waals surface area contributed by atoms with Crippen LogP contribution < -0.4 is 5.32 Å². The summed E-state index contributed by atoms with van der Waals surface area (Å²) in [6.45, 7) is 1.83. The van der Waals surface area contributed by atoms with E-state index in [0.717, 1.165) is 0 Å². The maximum atomic E-state index is 11.3. The lowest BCUT2D eigenvalue weighted by Crippen LogP contribution is -2.13. The van der Waals surface area contributed by atoms with Crippen molar-refractivity contribution in [2.24, 2.45) is 0 Å². The standard InChI is InChI=1S/C14H12N2O6/c1-2-21-14(18)15-9-3-5-11(12(7-9)16(19)20)13-6-4-10(8-17)22-13/h3-8H,2H2,1H3,(H,15,18). The van der Waals surface area contributed by atoms with Gasteiger partial charge in [0.2, 0.25) is 0 Å². The van der Waals surface area contributed by atoms with Gasteiger partial charge in [-0.3, -0.25) is 20.2 Å². The van der Waals surface area contributed by atoms with E-state index in [9.17, 15) is 19.7 Å². The highest BCUT2D eigenvalue weighted by Gasteiger charge is 2.19. The zero-order valence-electron chi connectivity index (χ0n) is 11.6. The topological polar surface area (TPSA) is 112 Å². The van der Waals surface area contributed by atoms with Gasteiger partial charge in [-0.05, 0) is 31.2 Å². The smallest absolute Gasteiger partial charge is 0.411 e. The number of anilines is 1. The van der Waals surface area contributed by atoms with Crippen LogP contribution in [0.3, 0.4) is 0 Å². The van der Waals surface area contributed by atoms with Gasteiger partial charge in [0.25, 0.3) is 5.69 Å². The summed E-state index contributed by atoms with van der Waals surface area (Å²) in [6, 6.07) is 6.96. The molecule has 0 saturated carbocycles. The number of hydrogen-bond donors (Lipinski definition) is 1. The molecule has 0 fully saturated rings. The van der Waals surface area contributed by atoms with Crippen molar-refractivity contribution < 1.29 is 23.7 Å². The van der Waals surface area contributed by atoms with Crippen LogP contribution in [0, 0.1) is 10.1 Å². The van der Waals surface area contributed by atoms with Crippen molar-refractivity contribution in [2.75, 3.05) is 11.9 Å². The molecule has 0 spiro atoms. The van der Waals surface area contributed by atoms with E-state index >= 15 is 0 Å². The highest BCUT2D eigenvalue weighted by molar-refractivity contribution is 5.86. The predicted octanol–water partition coefficient (Wildman–Crippen LogP) is 3.24. The molecule has 0 bridgehead atoms. The van der Waals surface area contributed by atoms with E-state index in [-0.39, 0.29) is 35.1 Å². The van der Waals surface area contributed by atoms with Crippen LogP contribution in [-0.4, -0.2) is 23.9 Å². The molecular formula is C14H12N2O6. The number of nitro groups is 1. The molecule has 0 unspecified atom stereocenters. The number of carbonyl (C=O) groups excluding carboxylic acids is 2. The Bertz CT molecular complexity index is 722. The number of nitrogens with one attached hydrogen (secondary N) is 1. The first-order chi connectivity index (χ1) is 10.5. The molecule has 8 nitrogen and oxygen atoms in total. The highest BCUT2D eigenvalue weighted by Crippen LogP contribution is 2.33. The van der Waals surface area contributed by atoms with Gasteiger partial charge in [0.15, 0.2) is 12.0 Å². The number of carbonyl (C=O) groups is 2. The van der Waals surface area contributed by atoms with Crippen LogP contribution in [0.25, 0.3) is 11.3 Å². The molecule has 0 aliphatic rings. The van der Waals surface area contributed by atoms with Crippen molar-refractivity contribution >= 4 is 23.8 Å². The van der Waals surface area contributed by atoms with Crippen molar-refractivity contribution in [1.82, 2.24) is 0 Å². The van der Waals surface area contributed by atoms with Crippen molar-refractivity contribution in [3.05, 3.63) is 46.2 Å². The molecule has 8 heteroatoms. The molecule has 0 saturated heterocycles. The Hall–Kier alpha value is -3.16. The van der Waals surface area contributed by atoms with Crippen molar-refractivity contribution in [2.45, 2.75) is 6.92 Å². The van der Waals surface area contributed by atoms with Crippen LogP contribution in [0.1, 0.15) is 17.5 Å². The number of benzene rings is 1. The quantitative estimate of drug-likeness (QED) is 0.515. The molecule has 2 rings (SSSR count). The third kappa shape index (κ3) is 3.29. The molecule has 2 aromatic rings. The van der Waals surface area contributed by atoms with Crippen LogP contribution in [0.5, 0.6) is 0 Å². The summed E-state index contributed by atoms with van der Waals surface area (Å²) in [6.07, 6.45) is -0.197. The Kier molecular flexibility index (Phi) is 4.52. The number of nitrogens with zero attached hydrogens (tertiary/aromatic N) is 1. The number of ether oxygens (including phenoxy) is 1. The Balaban J connectivity index is 2.37. The number of furan rings is 1. The lowest BCUT2D eigenvalue weighted by Gasteiger charge is -2.06. The molecule has 1 aromatic carbocycles. The van der Waals surface area contributed by atoms with E-state index in [1.165, 1.54) is 30.3 Å². The minimum Gasteiger partial charge on any atom is -0.453 e. The number of rotatable bonds is 5. The Morgan fingerprint density at radius 1 is 1.41 bits per heavy atom. The van der Waals surface area contributed by atoms with Gasteiger partial charge in [-0.15, -0.1) is 0 Å². The normalized spacial score (nSPS) is 10.0. The first kappa shape index (κ1) is 15.2. The third-order valence-electron chi connectivity index (χ3n) is 2.72. The number of amides is 1. The fraction of sp³-hybridized carbons (Fsp3) is 0.143. The second-order valence-corrected chi connectivity index (χ2v) is 4.15. The molecule has 1 aromatic heterocycles. The van der Waals surface area contributed by atoms with Gasteiger partial charge in [0.05, 0.1) is 22.8 Å². The fourth-order valence-electron chi connectivity index (χ4n) is 1.81. The lowest BCUT2D eigenvalue weighted by molar-refractivity contribution is -0.384. The number of hydrogen-bond acceptors (Lipinski definition) is 6. The Morgan fingerprint density at radius 2 is 2.18 bits per heavy atom. The van der Waals surface area contributed by atoms with Gasteiger partial charge in [-0.1, -0.05) is 0 Å². The zero-order valence-corrected chi connectivity index (χ0v) is 11.6. The van der Waals surface area contributed by atoms with Crippen molar-refractivity contribution in [3.63, 3.8) is 0 Å². The Morgan fingerprint density at radius 3 is 2.77 bits per heavy atom. The van der Waals surface area contributed by atoms with E-state index in [1.54, 1.807) is 6.92 Å². The largest absolute Gasteiger partial charge is 0.453 e. The Labute approximate surface area is 124 Å². The average Bonchev–Trinajstić information content (AvgIpc) is 2.96. The van der Waals surface area contributed by atoms with E-state index in [1.807, 2.05) is 0 Å². The van der Waals surface area contributed by atoms with Crippen LogP contribution in [-0.2, 0) is 4.74 Å². The van der Waals surface area contributed by atoms with Gasteiger partial charge in [-0.25, -0.2) is 4.79 Å². The summed E-state index contributed by atoms with van der Waals surface area (Å²) in [5.41, 5.74) is 0.157. The van der Waals surface area contributed by atoms with Crippen LogP contribution in [0.4, 0.5) is 16.2 Å². The SMILES string of the molecule is CCOC(=O)Nc1ccc(-c2ccc(C=O)o2)c([N+](=O)[O-])c1. The van der Waals surface area contributed by atoms with Crippen molar-refractivity contribution in [1.29, 1.82) is 0 Å². The zero-order chi connectivity index (χ0) is 16.1. The highest BCUT2D eigenvalue weighted by atomic mass is 16.6. The number of nitro benzene ring substituents is 1. The molecular weight excluding hydrogens is 292 g/mol. The minimum absolute atomic E-state index is 0.0676.